The molecule has 0 spiro atoms. The highest BCUT2D eigenvalue weighted by molar-refractivity contribution is 6.01. The highest BCUT2D eigenvalue weighted by atomic mass is 19.3. The average molecular weight is 431 g/mol. The van der Waals surface area contributed by atoms with E-state index in [4.69, 9.17) is 4.74 Å². The molecule has 1 amide bonds. The summed E-state index contributed by atoms with van der Waals surface area (Å²) in [5.41, 5.74) is 0.0918. The van der Waals surface area contributed by atoms with Crippen LogP contribution in [-0.4, -0.2) is 33.8 Å². The summed E-state index contributed by atoms with van der Waals surface area (Å²) in [4.78, 5) is 30.5. The van der Waals surface area contributed by atoms with Gasteiger partial charge in [-0.3, -0.25) is 19.1 Å². The molecule has 1 aliphatic rings. The number of carbonyl (C=O) groups excluding carboxylic acids is 1. The van der Waals surface area contributed by atoms with E-state index in [1.54, 1.807) is 12.1 Å². The van der Waals surface area contributed by atoms with Crippen LogP contribution in [0.4, 0.5) is 14.5 Å². The highest BCUT2D eigenvalue weighted by Gasteiger charge is 2.51. The number of benzene rings is 2. The molecule has 2 aromatic carbocycles. The molecule has 31 heavy (non-hydrogen) atoms. The number of aromatic nitrogens is 2. The Morgan fingerprint density at radius 3 is 2.68 bits per heavy atom. The van der Waals surface area contributed by atoms with Gasteiger partial charge in [-0.25, -0.2) is 4.98 Å². The van der Waals surface area contributed by atoms with Gasteiger partial charge in [-0.15, -0.1) is 0 Å². The zero-order valence-electron chi connectivity index (χ0n) is 16.9. The first kappa shape index (κ1) is 20.7. The highest BCUT2D eigenvalue weighted by Crippen LogP contribution is 2.44. The van der Waals surface area contributed by atoms with Crippen molar-refractivity contribution in [1.82, 2.24) is 9.55 Å². The van der Waals surface area contributed by atoms with Crippen LogP contribution in [0.1, 0.15) is 24.4 Å². The van der Waals surface area contributed by atoms with Crippen molar-refractivity contribution in [1.29, 1.82) is 0 Å². The van der Waals surface area contributed by atoms with Gasteiger partial charge in [0.1, 0.15) is 11.6 Å². The number of methoxy groups -OCH3 is 1. The number of aliphatic hydroxyl groups is 1. The van der Waals surface area contributed by atoms with E-state index >= 15 is 0 Å². The number of nitrogens with zero attached hydrogens (tertiary/aromatic N) is 3. The van der Waals surface area contributed by atoms with E-state index in [9.17, 15) is 23.5 Å². The maximum atomic E-state index is 14.4. The molecular weight excluding hydrogens is 412 g/mol. The predicted octanol–water partition coefficient (Wildman–Crippen LogP) is 2.51. The third-order valence-electron chi connectivity index (χ3n) is 5.16. The van der Waals surface area contributed by atoms with Crippen LogP contribution in [0, 0.1) is 0 Å². The molecule has 8 nitrogen and oxygen atoms in total. The van der Waals surface area contributed by atoms with Crippen molar-refractivity contribution >= 4 is 22.5 Å². The Morgan fingerprint density at radius 1 is 1.26 bits per heavy atom. The molecular formula is C21H19F2N3O5. The normalized spacial score (nSPS) is 16.1. The van der Waals surface area contributed by atoms with Gasteiger partial charge in [-0.2, -0.15) is 8.78 Å². The van der Waals surface area contributed by atoms with Gasteiger partial charge in [0, 0.05) is 12.6 Å². The Morgan fingerprint density at radius 2 is 2.00 bits per heavy atom. The summed E-state index contributed by atoms with van der Waals surface area (Å²) in [6.45, 7) is 1.00. The topological polar surface area (TPSA) is 93.9 Å². The number of hydrogen-bond acceptors (Lipinski definition) is 6. The quantitative estimate of drug-likeness (QED) is 0.682. The van der Waals surface area contributed by atoms with Crippen molar-refractivity contribution in [3.63, 3.8) is 0 Å². The van der Waals surface area contributed by atoms with Gasteiger partial charge < -0.3 is 14.6 Å². The number of fused-ring (bicyclic) bond motifs is 2. The zero-order chi connectivity index (χ0) is 22.5. The standard InChI is InChI=1S/C21H19F2N3O5/c1-11(27)13-5-4-6-16-18(13)31-21(22,23)20(29)26(16)10-17-24-15-8-7-12(30-3)9-14(15)19(28)25(17)2/h4-9,11,27H,10H2,1-3H3/t11-/m0/s1. The van der Waals surface area contributed by atoms with Crippen molar-refractivity contribution in [3.8, 4) is 11.5 Å². The molecule has 10 heteroatoms. The van der Waals surface area contributed by atoms with E-state index in [-0.39, 0.29) is 22.8 Å². The second-order valence-electron chi connectivity index (χ2n) is 7.16. The first-order valence-corrected chi connectivity index (χ1v) is 9.37. The first-order chi connectivity index (χ1) is 14.6. The first-order valence-electron chi connectivity index (χ1n) is 9.37. The number of carbonyl (C=O) groups is 1. The number of anilines is 1. The summed E-state index contributed by atoms with van der Waals surface area (Å²) in [5.74, 6) is -1.31. The van der Waals surface area contributed by atoms with Gasteiger partial charge in [0.25, 0.3) is 5.56 Å². The average Bonchev–Trinajstić information content (AvgIpc) is 2.73. The smallest absolute Gasteiger partial charge is 0.483 e. The Balaban J connectivity index is 1.85. The van der Waals surface area contributed by atoms with Crippen molar-refractivity contribution in [3.05, 3.63) is 58.1 Å². The second kappa shape index (κ2) is 7.31. The minimum atomic E-state index is -4.14. The fourth-order valence-electron chi connectivity index (χ4n) is 3.50. The lowest BCUT2D eigenvalue weighted by atomic mass is 10.1. The molecule has 0 saturated carbocycles. The lowest BCUT2D eigenvalue weighted by molar-refractivity contribution is -0.193. The molecule has 0 aliphatic carbocycles. The van der Waals surface area contributed by atoms with Crippen molar-refractivity contribution < 1.29 is 28.2 Å². The fraction of sp³-hybridized carbons (Fsp3) is 0.286. The largest absolute Gasteiger partial charge is 0.497 e. The molecule has 2 heterocycles. The summed E-state index contributed by atoms with van der Waals surface area (Å²) in [6.07, 6.45) is -5.24. The van der Waals surface area contributed by atoms with Gasteiger partial charge in [-0.05, 0) is 31.2 Å². The van der Waals surface area contributed by atoms with Crippen LogP contribution in [0.15, 0.2) is 41.2 Å². The van der Waals surface area contributed by atoms with E-state index in [0.717, 1.165) is 4.90 Å². The number of ether oxygens (including phenoxy) is 2. The molecule has 0 saturated heterocycles. The molecule has 1 N–H and O–H groups in total. The molecule has 1 atom stereocenters. The minimum Gasteiger partial charge on any atom is -0.497 e. The van der Waals surface area contributed by atoms with E-state index in [1.807, 2.05) is 0 Å². The molecule has 0 unspecified atom stereocenters. The zero-order valence-corrected chi connectivity index (χ0v) is 16.9. The molecule has 3 aromatic rings. The van der Waals surface area contributed by atoms with Crippen LogP contribution in [0.3, 0.4) is 0 Å². The van der Waals surface area contributed by atoms with Crippen LogP contribution in [0.2, 0.25) is 0 Å². The Hall–Kier alpha value is -3.53. The summed E-state index contributed by atoms with van der Waals surface area (Å²) in [7, 11) is 2.91. The van der Waals surface area contributed by atoms with Crippen LogP contribution in [-0.2, 0) is 18.4 Å². The van der Waals surface area contributed by atoms with Gasteiger partial charge >= 0.3 is 12.0 Å². The number of hydrogen-bond donors (Lipinski definition) is 1. The SMILES string of the molecule is COc1ccc2nc(CN3C(=O)C(F)(F)Oc4c([C@H](C)O)cccc43)n(C)c(=O)c2c1. The fourth-order valence-corrected chi connectivity index (χ4v) is 3.50. The molecule has 0 bridgehead atoms. The molecule has 0 fully saturated rings. The maximum Gasteiger partial charge on any atom is 0.483 e. The van der Waals surface area contributed by atoms with Gasteiger partial charge in [0.05, 0.1) is 36.3 Å². The number of aliphatic hydroxyl groups excluding tert-OH is 1. The van der Waals surface area contributed by atoms with E-state index in [1.165, 1.54) is 49.9 Å². The second-order valence-corrected chi connectivity index (χ2v) is 7.16. The van der Waals surface area contributed by atoms with Crippen LogP contribution < -0.4 is 19.9 Å². The number of alkyl halides is 2. The predicted molar refractivity (Wildman–Crippen MR) is 107 cm³/mol. The lowest BCUT2D eigenvalue weighted by Gasteiger charge is -2.34. The Kier molecular flexibility index (Phi) is 4.89. The monoisotopic (exact) mass is 431 g/mol. The Bertz CT molecular complexity index is 1260. The molecule has 0 radical (unpaired) electrons. The van der Waals surface area contributed by atoms with Crippen LogP contribution in [0.25, 0.3) is 10.9 Å². The molecule has 4 rings (SSSR count). The third kappa shape index (κ3) is 3.38. The maximum absolute atomic E-state index is 14.4. The number of rotatable bonds is 4. The van der Waals surface area contributed by atoms with E-state index < -0.39 is 30.2 Å². The number of amides is 1. The summed E-state index contributed by atoms with van der Waals surface area (Å²) >= 11 is 0. The lowest BCUT2D eigenvalue weighted by Crippen LogP contribution is -2.51. The summed E-state index contributed by atoms with van der Waals surface area (Å²) < 4.78 is 39.8. The summed E-state index contributed by atoms with van der Waals surface area (Å²) in [6, 6.07) is 9.12. The van der Waals surface area contributed by atoms with Gasteiger partial charge in [0.2, 0.25) is 0 Å². The van der Waals surface area contributed by atoms with Crippen LogP contribution >= 0.6 is 0 Å². The van der Waals surface area contributed by atoms with Gasteiger partial charge in [-0.1, -0.05) is 12.1 Å². The van der Waals surface area contributed by atoms with E-state index in [0.29, 0.717) is 16.7 Å². The number of halogens is 2. The minimum absolute atomic E-state index is 0.0541. The molecule has 162 valence electrons. The van der Waals surface area contributed by atoms with Crippen molar-refractivity contribution in [2.24, 2.45) is 7.05 Å². The number of para-hydroxylation sites is 1. The van der Waals surface area contributed by atoms with Crippen LogP contribution in [0.5, 0.6) is 11.5 Å². The third-order valence-corrected chi connectivity index (χ3v) is 5.16. The van der Waals surface area contributed by atoms with Gasteiger partial charge in [0.15, 0.2) is 5.75 Å². The molecule has 1 aromatic heterocycles. The molecule has 1 aliphatic heterocycles. The van der Waals surface area contributed by atoms with E-state index in [2.05, 4.69) is 9.72 Å². The van der Waals surface area contributed by atoms with Crippen molar-refractivity contribution in [2.45, 2.75) is 25.7 Å². The van der Waals surface area contributed by atoms with Crippen molar-refractivity contribution in [2.75, 3.05) is 12.0 Å². The Labute approximate surface area is 175 Å². The summed E-state index contributed by atoms with van der Waals surface area (Å²) in [5, 5.41) is 10.2.